The van der Waals surface area contributed by atoms with E-state index in [2.05, 4.69) is 9.62 Å². The van der Waals surface area contributed by atoms with Crippen molar-refractivity contribution in [3.63, 3.8) is 0 Å². The van der Waals surface area contributed by atoms with Gasteiger partial charge in [0.15, 0.2) is 0 Å². The van der Waals surface area contributed by atoms with Gasteiger partial charge in [-0.3, -0.25) is 9.63 Å². The maximum Gasteiger partial charge on any atom is 0.310 e. The Kier molecular flexibility index (Phi) is 4.74. The minimum Gasteiger partial charge on any atom is -0.469 e. The van der Waals surface area contributed by atoms with Crippen LogP contribution in [-0.2, 0) is 24.4 Å². The van der Waals surface area contributed by atoms with Gasteiger partial charge in [-0.15, -0.1) is 0 Å². The minimum absolute atomic E-state index is 0.447. The molecule has 2 unspecified atom stereocenters. The standard InChI is InChI=1S/C11H21NO5S/c1-11(2,3)17-12-18(14,15)9-7-5-6-8(9)10(13)16-4/h8-9,12H,5-7H2,1-4H3. The van der Waals surface area contributed by atoms with Crippen LogP contribution in [0.5, 0.6) is 0 Å². The first-order valence-corrected chi connectivity index (χ1v) is 7.48. The fourth-order valence-corrected chi connectivity index (χ4v) is 3.61. The summed E-state index contributed by atoms with van der Waals surface area (Å²) in [6.07, 6.45) is 1.68. The lowest BCUT2D eigenvalue weighted by Crippen LogP contribution is -2.42. The SMILES string of the molecule is COC(=O)C1CCCC1S(=O)(=O)NOC(C)(C)C. The van der Waals surface area contributed by atoms with Crippen LogP contribution in [0.4, 0.5) is 0 Å². The smallest absolute Gasteiger partial charge is 0.310 e. The van der Waals surface area contributed by atoms with Crippen LogP contribution in [0.25, 0.3) is 0 Å². The molecule has 2 atom stereocenters. The van der Waals surface area contributed by atoms with Crippen molar-refractivity contribution in [1.29, 1.82) is 0 Å². The summed E-state index contributed by atoms with van der Waals surface area (Å²) in [4.78, 5) is 18.7. The van der Waals surface area contributed by atoms with Crippen LogP contribution in [-0.4, -0.2) is 32.3 Å². The number of nitrogens with one attached hydrogen (secondary N) is 1. The van der Waals surface area contributed by atoms with Crippen molar-refractivity contribution in [3.05, 3.63) is 0 Å². The van der Waals surface area contributed by atoms with Gasteiger partial charge in [0.05, 0.1) is 23.9 Å². The Morgan fingerprint density at radius 2 is 1.89 bits per heavy atom. The van der Waals surface area contributed by atoms with Crippen LogP contribution < -0.4 is 4.89 Å². The molecule has 0 aromatic rings. The van der Waals surface area contributed by atoms with Gasteiger partial charge in [-0.2, -0.15) is 0 Å². The van der Waals surface area contributed by atoms with Crippen molar-refractivity contribution in [3.8, 4) is 0 Å². The van der Waals surface area contributed by atoms with E-state index in [9.17, 15) is 13.2 Å². The Hall–Kier alpha value is -0.660. The van der Waals surface area contributed by atoms with E-state index < -0.39 is 32.8 Å². The lowest BCUT2D eigenvalue weighted by atomic mass is 10.1. The van der Waals surface area contributed by atoms with E-state index in [4.69, 9.17) is 4.84 Å². The summed E-state index contributed by atoms with van der Waals surface area (Å²) in [5.74, 6) is -1.07. The molecule has 0 heterocycles. The third-order valence-electron chi connectivity index (χ3n) is 2.82. The van der Waals surface area contributed by atoms with Gasteiger partial charge < -0.3 is 4.74 Å². The predicted octanol–water partition coefficient (Wildman–Crippen LogP) is 0.978. The van der Waals surface area contributed by atoms with Gasteiger partial charge in [-0.05, 0) is 33.6 Å². The molecule has 1 N–H and O–H groups in total. The van der Waals surface area contributed by atoms with E-state index in [0.29, 0.717) is 19.3 Å². The van der Waals surface area contributed by atoms with Crippen molar-refractivity contribution in [2.75, 3.05) is 7.11 Å². The zero-order valence-corrected chi connectivity index (χ0v) is 12.0. The molecule has 1 saturated carbocycles. The van der Waals surface area contributed by atoms with E-state index in [-0.39, 0.29) is 0 Å². The molecule has 18 heavy (non-hydrogen) atoms. The average molecular weight is 279 g/mol. The minimum atomic E-state index is -3.67. The molecule has 1 rings (SSSR count). The Balaban J connectivity index is 2.75. The Morgan fingerprint density at radius 1 is 1.28 bits per heavy atom. The molecule has 1 aliphatic rings. The largest absolute Gasteiger partial charge is 0.469 e. The highest BCUT2D eigenvalue weighted by Crippen LogP contribution is 2.31. The molecule has 0 amide bonds. The van der Waals surface area contributed by atoms with Gasteiger partial charge in [0.25, 0.3) is 0 Å². The summed E-state index contributed by atoms with van der Waals surface area (Å²) in [5, 5.41) is -0.771. The van der Waals surface area contributed by atoms with Gasteiger partial charge >= 0.3 is 5.97 Å². The first kappa shape index (κ1) is 15.4. The van der Waals surface area contributed by atoms with Gasteiger partial charge in [-0.25, -0.2) is 8.42 Å². The third kappa shape index (κ3) is 3.93. The van der Waals surface area contributed by atoms with Gasteiger partial charge in [0, 0.05) is 0 Å². The molecule has 0 aromatic heterocycles. The molecule has 6 nitrogen and oxygen atoms in total. The van der Waals surface area contributed by atoms with Crippen molar-refractivity contribution in [2.45, 2.75) is 50.9 Å². The van der Waals surface area contributed by atoms with Crippen molar-refractivity contribution < 1.29 is 22.8 Å². The lowest BCUT2D eigenvalue weighted by Gasteiger charge is -2.23. The summed E-state index contributed by atoms with van der Waals surface area (Å²) < 4.78 is 28.8. The zero-order valence-electron chi connectivity index (χ0n) is 11.2. The summed E-state index contributed by atoms with van der Waals surface area (Å²) in [6.45, 7) is 5.21. The van der Waals surface area contributed by atoms with E-state index in [1.165, 1.54) is 7.11 Å². The molecule has 0 saturated heterocycles. The number of carbonyl (C=O) groups is 1. The molecule has 106 valence electrons. The van der Waals surface area contributed by atoms with Crippen LogP contribution in [0.15, 0.2) is 0 Å². The van der Waals surface area contributed by atoms with E-state index in [0.717, 1.165) is 0 Å². The molecular formula is C11H21NO5S. The maximum absolute atomic E-state index is 12.1. The molecule has 0 aliphatic heterocycles. The lowest BCUT2D eigenvalue weighted by molar-refractivity contribution is -0.145. The van der Waals surface area contributed by atoms with E-state index in [1.54, 1.807) is 20.8 Å². The average Bonchev–Trinajstić information content (AvgIpc) is 2.74. The molecule has 0 bridgehead atoms. The molecular weight excluding hydrogens is 258 g/mol. The van der Waals surface area contributed by atoms with E-state index >= 15 is 0 Å². The zero-order chi connectivity index (χ0) is 14.0. The van der Waals surface area contributed by atoms with Crippen LogP contribution in [0.2, 0.25) is 0 Å². The van der Waals surface area contributed by atoms with Gasteiger partial charge in [-0.1, -0.05) is 11.3 Å². The van der Waals surface area contributed by atoms with Gasteiger partial charge in [0.2, 0.25) is 10.0 Å². The summed E-state index contributed by atoms with van der Waals surface area (Å²) >= 11 is 0. The highest BCUT2D eigenvalue weighted by atomic mass is 32.2. The fourth-order valence-electron chi connectivity index (χ4n) is 1.96. The number of hydrogen-bond donors (Lipinski definition) is 1. The number of rotatable bonds is 4. The first-order valence-electron chi connectivity index (χ1n) is 5.94. The summed E-state index contributed by atoms with van der Waals surface area (Å²) in [6, 6.07) is 0. The molecule has 0 radical (unpaired) electrons. The highest BCUT2D eigenvalue weighted by molar-refractivity contribution is 7.90. The number of sulfonamides is 1. The topological polar surface area (TPSA) is 81.7 Å². The van der Waals surface area contributed by atoms with Crippen LogP contribution in [0.3, 0.4) is 0 Å². The van der Waals surface area contributed by atoms with Gasteiger partial charge in [0.1, 0.15) is 0 Å². The van der Waals surface area contributed by atoms with Crippen LogP contribution >= 0.6 is 0 Å². The molecule has 1 fully saturated rings. The predicted molar refractivity (Wildman–Crippen MR) is 66.0 cm³/mol. The Morgan fingerprint density at radius 3 is 2.39 bits per heavy atom. The number of methoxy groups -OCH3 is 1. The normalized spacial score (nSPS) is 25.1. The van der Waals surface area contributed by atoms with E-state index in [1.807, 2.05) is 0 Å². The summed E-state index contributed by atoms with van der Waals surface area (Å²) in [5.41, 5.74) is -0.619. The number of carbonyl (C=O) groups excluding carboxylic acids is 1. The first-order chi connectivity index (χ1) is 8.17. The number of esters is 1. The third-order valence-corrected chi connectivity index (χ3v) is 4.50. The number of hydrogen-bond acceptors (Lipinski definition) is 5. The van der Waals surface area contributed by atoms with Crippen LogP contribution in [0.1, 0.15) is 40.0 Å². The Bertz CT molecular complexity index is 398. The maximum atomic E-state index is 12.1. The monoisotopic (exact) mass is 279 g/mol. The molecule has 0 aromatic carbocycles. The Labute approximate surface area is 108 Å². The second-order valence-corrected chi connectivity index (χ2v) is 7.30. The van der Waals surface area contributed by atoms with Crippen LogP contribution in [0, 0.1) is 5.92 Å². The summed E-state index contributed by atoms with van der Waals surface area (Å²) in [7, 11) is -2.40. The molecule has 1 aliphatic carbocycles. The fraction of sp³-hybridized carbons (Fsp3) is 0.909. The second kappa shape index (κ2) is 5.54. The van der Waals surface area contributed by atoms with Crippen molar-refractivity contribution in [2.24, 2.45) is 5.92 Å². The quantitative estimate of drug-likeness (QED) is 0.612. The van der Waals surface area contributed by atoms with Crippen molar-refractivity contribution in [1.82, 2.24) is 4.89 Å². The highest BCUT2D eigenvalue weighted by Gasteiger charge is 2.42. The van der Waals surface area contributed by atoms with Crippen molar-refractivity contribution >= 4 is 16.0 Å². The molecule has 7 heteroatoms. The molecule has 0 spiro atoms. The second-order valence-electron chi connectivity index (χ2n) is 5.44. The number of ether oxygens (including phenoxy) is 1.